The van der Waals surface area contributed by atoms with Gasteiger partial charge in [0.25, 0.3) is 0 Å². The molecule has 3 nitrogen and oxygen atoms in total. The highest BCUT2D eigenvalue weighted by atomic mass is 32.1. The van der Waals surface area contributed by atoms with Gasteiger partial charge in [0.15, 0.2) is 6.29 Å². The van der Waals surface area contributed by atoms with E-state index in [2.05, 4.69) is 9.59 Å². The lowest BCUT2D eigenvalue weighted by Crippen LogP contribution is -1.82. The first-order valence-electron chi connectivity index (χ1n) is 3.75. The van der Waals surface area contributed by atoms with Crippen molar-refractivity contribution in [2.75, 3.05) is 0 Å². The molecule has 0 aliphatic rings. The van der Waals surface area contributed by atoms with Crippen LogP contribution in [0.5, 0.6) is 0 Å². The highest BCUT2D eigenvalue weighted by Crippen LogP contribution is 2.21. The Bertz CT molecular complexity index is 411. The maximum Gasteiger partial charge on any atom is 0.163 e. The Morgan fingerprint density at radius 1 is 1.23 bits per heavy atom. The lowest BCUT2D eigenvalue weighted by Gasteiger charge is -1.93. The van der Waals surface area contributed by atoms with Crippen molar-refractivity contribution in [1.29, 1.82) is 0 Å². The van der Waals surface area contributed by atoms with Crippen molar-refractivity contribution in [2.45, 2.75) is 0 Å². The summed E-state index contributed by atoms with van der Waals surface area (Å²) in [6.45, 7) is 0. The van der Waals surface area contributed by atoms with Gasteiger partial charge in [-0.1, -0.05) is 34.8 Å². The number of rotatable bonds is 2. The first-order valence-corrected chi connectivity index (χ1v) is 4.52. The summed E-state index contributed by atoms with van der Waals surface area (Å²) in [5.41, 5.74) is 1.60. The van der Waals surface area contributed by atoms with E-state index in [9.17, 15) is 4.79 Å². The van der Waals surface area contributed by atoms with Crippen LogP contribution >= 0.6 is 11.5 Å². The molecule has 0 unspecified atom stereocenters. The van der Waals surface area contributed by atoms with Crippen LogP contribution in [-0.4, -0.2) is 15.9 Å². The Morgan fingerprint density at radius 2 is 2.00 bits per heavy atom. The van der Waals surface area contributed by atoms with Crippen LogP contribution in [0, 0.1) is 0 Å². The summed E-state index contributed by atoms with van der Waals surface area (Å²) >= 11 is 1.12. The largest absolute Gasteiger partial charge is 0.297 e. The van der Waals surface area contributed by atoms with Crippen LogP contribution in [0.15, 0.2) is 30.3 Å². The number of carbonyl (C=O) groups excluding carboxylic acids is 1. The van der Waals surface area contributed by atoms with Crippen molar-refractivity contribution >= 4 is 17.8 Å². The fraction of sp³-hybridized carbons (Fsp3) is 0. The second-order valence-electron chi connectivity index (χ2n) is 2.47. The van der Waals surface area contributed by atoms with Gasteiger partial charge in [0.1, 0.15) is 10.6 Å². The van der Waals surface area contributed by atoms with Crippen LogP contribution < -0.4 is 0 Å². The molecule has 0 N–H and O–H groups in total. The average molecular weight is 190 g/mol. The molecule has 0 aliphatic carbocycles. The smallest absolute Gasteiger partial charge is 0.163 e. The summed E-state index contributed by atoms with van der Waals surface area (Å²) in [6, 6.07) is 9.55. The number of hydrogen-bond donors (Lipinski definition) is 0. The van der Waals surface area contributed by atoms with Crippen molar-refractivity contribution in [1.82, 2.24) is 9.59 Å². The lowest BCUT2D eigenvalue weighted by atomic mass is 10.1. The number of aldehydes is 1. The summed E-state index contributed by atoms with van der Waals surface area (Å²) in [5.74, 6) is 0. The van der Waals surface area contributed by atoms with E-state index in [1.54, 1.807) is 0 Å². The number of carbonyl (C=O) groups is 1. The minimum atomic E-state index is 0.575. The quantitative estimate of drug-likeness (QED) is 0.680. The molecule has 0 bridgehead atoms. The third kappa shape index (κ3) is 1.48. The van der Waals surface area contributed by atoms with Crippen molar-refractivity contribution in [3.63, 3.8) is 0 Å². The SMILES string of the molecule is O=Cc1snnc1-c1ccccc1. The molecule has 1 heterocycles. The normalized spacial score (nSPS) is 9.85. The van der Waals surface area contributed by atoms with E-state index in [0.29, 0.717) is 10.6 Å². The molecular formula is C9H6N2OS. The zero-order valence-corrected chi connectivity index (χ0v) is 7.49. The van der Waals surface area contributed by atoms with Gasteiger partial charge in [-0.25, -0.2) is 0 Å². The first kappa shape index (κ1) is 8.07. The van der Waals surface area contributed by atoms with E-state index in [0.717, 1.165) is 23.4 Å². The van der Waals surface area contributed by atoms with Gasteiger partial charge >= 0.3 is 0 Å². The van der Waals surface area contributed by atoms with Crippen LogP contribution in [0.4, 0.5) is 0 Å². The maximum atomic E-state index is 10.6. The summed E-state index contributed by atoms with van der Waals surface area (Å²) in [4.78, 5) is 11.2. The Morgan fingerprint density at radius 3 is 2.69 bits per heavy atom. The molecule has 2 aromatic rings. The number of nitrogens with zero attached hydrogens (tertiary/aromatic N) is 2. The zero-order valence-electron chi connectivity index (χ0n) is 6.68. The molecular weight excluding hydrogens is 184 g/mol. The van der Waals surface area contributed by atoms with Gasteiger partial charge in [-0.3, -0.25) is 4.79 Å². The molecule has 0 saturated heterocycles. The highest BCUT2D eigenvalue weighted by Gasteiger charge is 2.07. The zero-order chi connectivity index (χ0) is 9.10. The fourth-order valence-corrected chi connectivity index (χ4v) is 1.57. The summed E-state index contributed by atoms with van der Waals surface area (Å²) in [7, 11) is 0. The molecule has 0 aliphatic heterocycles. The van der Waals surface area contributed by atoms with Gasteiger partial charge < -0.3 is 0 Å². The minimum Gasteiger partial charge on any atom is -0.297 e. The van der Waals surface area contributed by atoms with E-state index in [1.807, 2.05) is 30.3 Å². The monoisotopic (exact) mass is 190 g/mol. The predicted molar refractivity (Wildman–Crippen MR) is 50.7 cm³/mol. The van der Waals surface area contributed by atoms with Crippen LogP contribution in [0.2, 0.25) is 0 Å². The topological polar surface area (TPSA) is 42.9 Å². The highest BCUT2D eigenvalue weighted by molar-refractivity contribution is 7.07. The van der Waals surface area contributed by atoms with Gasteiger partial charge in [0, 0.05) is 5.56 Å². The average Bonchev–Trinajstić information content (AvgIpc) is 2.67. The molecule has 1 aromatic heterocycles. The van der Waals surface area contributed by atoms with Gasteiger partial charge in [-0.2, -0.15) is 0 Å². The molecule has 1 aromatic carbocycles. The summed E-state index contributed by atoms with van der Waals surface area (Å²) in [6.07, 6.45) is 0.785. The van der Waals surface area contributed by atoms with Gasteiger partial charge in [0.05, 0.1) is 0 Å². The molecule has 4 heteroatoms. The Labute approximate surface area is 79.2 Å². The summed E-state index contributed by atoms with van der Waals surface area (Å²) in [5, 5.41) is 3.89. The van der Waals surface area contributed by atoms with E-state index in [4.69, 9.17) is 0 Å². The van der Waals surface area contributed by atoms with Crippen LogP contribution in [0.1, 0.15) is 9.67 Å². The number of hydrogen-bond acceptors (Lipinski definition) is 4. The van der Waals surface area contributed by atoms with Crippen molar-refractivity contribution in [2.24, 2.45) is 0 Å². The molecule has 0 spiro atoms. The second-order valence-corrected chi connectivity index (χ2v) is 3.26. The maximum absolute atomic E-state index is 10.6. The van der Waals surface area contributed by atoms with Crippen LogP contribution in [-0.2, 0) is 0 Å². The molecule has 0 atom stereocenters. The Hall–Kier alpha value is -1.55. The van der Waals surface area contributed by atoms with E-state index in [1.165, 1.54) is 0 Å². The van der Waals surface area contributed by atoms with Crippen molar-refractivity contribution in [3.05, 3.63) is 35.2 Å². The van der Waals surface area contributed by atoms with Crippen molar-refractivity contribution in [3.8, 4) is 11.3 Å². The third-order valence-electron chi connectivity index (χ3n) is 1.67. The second kappa shape index (κ2) is 3.45. The molecule has 0 saturated carbocycles. The van der Waals surface area contributed by atoms with E-state index < -0.39 is 0 Å². The number of benzene rings is 1. The molecule has 64 valence electrons. The molecule has 2 rings (SSSR count). The molecule has 0 amide bonds. The van der Waals surface area contributed by atoms with Gasteiger partial charge in [0.2, 0.25) is 0 Å². The molecule has 0 fully saturated rings. The molecule has 13 heavy (non-hydrogen) atoms. The fourth-order valence-electron chi connectivity index (χ4n) is 1.07. The summed E-state index contributed by atoms with van der Waals surface area (Å²) < 4.78 is 3.73. The number of aromatic nitrogens is 2. The lowest BCUT2D eigenvalue weighted by molar-refractivity contribution is 0.112. The van der Waals surface area contributed by atoms with E-state index in [-0.39, 0.29) is 0 Å². The minimum absolute atomic E-state index is 0.575. The molecule has 0 radical (unpaired) electrons. The Balaban J connectivity index is 2.52. The Kier molecular flexibility index (Phi) is 2.14. The van der Waals surface area contributed by atoms with Crippen molar-refractivity contribution < 1.29 is 4.79 Å². The third-order valence-corrected chi connectivity index (χ3v) is 2.32. The first-order chi connectivity index (χ1) is 6.42. The van der Waals surface area contributed by atoms with Gasteiger partial charge in [-0.15, -0.1) is 5.10 Å². The van der Waals surface area contributed by atoms with Crippen LogP contribution in [0.25, 0.3) is 11.3 Å². The standard InChI is InChI=1S/C9H6N2OS/c12-6-8-9(10-11-13-8)7-4-2-1-3-5-7/h1-6H. The van der Waals surface area contributed by atoms with Crippen LogP contribution in [0.3, 0.4) is 0 Å². The van der Waals surface area contributed by atoms with Gasteiger partial charge in [-0.05, 0) is 11.5 Å². The predicted octanol–water partition coefficient (Wildman–Crippen LogP) is 2.02. The van der Waals surface area contributed by atoms with E-state index >= 15 is 0 Å².